The zero-order valence-corrected chi connectivity index (χ0v) is 15.7. The van der Waals surface area contributed by atoms with Crippen molar-refractivity contribution in [1.82, 2.24) is 9.29 Å². The van der Waals surface area contributed by atoms with Crippen LogP contribution in [0, 0.1) is 5.82 Å². The normalized spacial score (nSPS) is 16.4. The molecule has 1 aliphatic heterocycles. The van der Waals surface area contributed by atoms with Gasteiger partial charge >= 0.3 is 0 Å². The molecule has 9 heteroatoms. The minimum Gasteiger partial charge on any atom is -0.367 e. The molecule has 0 N–H and O–H groups in total. The van der Waals surface area contributed by atoms with Crippen molar-refractivity contribution < 1.29 is 12.8 Å². The summed E-state index contributed by atoms with van der Waals surface area (Å²) >= 11 is 9.15. The Morgan fingerprint density at radius 3 is 2.50 bits per heavy atom. The summed E-state index contributed by atoms with van der Waals surface area (Å²) in [5.74, 6) is -0.312. The van der Waals surface area contributed by atoms with E-state index in [-0.39, 0.29) is 29.0 Å². The van der Waals surface area contributed by atoms with Crippen LogP contribution in [0.4, 0.5) is 10.1 Å². The molecule has 1 saturated heterocycles. The molecule has 24 heavy (non-hydrogen) atoms. The lowest BCUT2D eigenvalue weighted by Crippen LogP contribution is -2.49. The minimum atomic E-state index is -3.74. The van der Waals surface area contributed by atoms with Crippen LogP contribution >= 0.6 is 27.5 Å². The summed E-state index contributed by atoms with van der Waals surface area (Å²) < 4.78 is 41.3. The zero-order chi connectivity index (χ0) is 17.3. The second kappa shape index (κ2) is 6.95. The van der Waals surface area contributed by atoms with E-state index in [1.807, 2.05) is 4.90 Å². The lowest BCUT2D eigenvalue weighted by molar-refractivity contribution is 0.383. The molecule has 1 aromatic heterocycles. The van der Waals surface area contributed by atoms with Crippen molar-refractivity contribution in [3.8, 4) is 0 Å². The molecule has 2 heterocycles. The molecule has 1 aliphatic rings. The van der Waals surface area contributed by atoms with E-state index in [4.69, 9.17) is 11.6 Å². The fraction of sp³-hybridized carbons (Fsp3) is 0.267. The molecule has 0 spiro atoms. The Labute approximate surface area is 153 Å². The zero-order valence-electron chi connectivity index (χ0n) is 12.5. The van der Waals surface area contributed by atoms with Crippen LogP contribution in [0.15, 0.2) is 45.9 Å². The summed E-state index contributed by atoms with van der Waals surface area (Å²) in [4.78, 5) is 5.67. The van der Waals surface area contributed by atoms with E-state index in [9.17, 15) is 12.8 Å². The maximum absolute atomic E-state index is 13.9. The molecule has 0 radical (unpaired) electrons. The van der Waals surface area contributed by atoms with Crippen LogP contribution in [0.2, 0.25) is 5.15 Å². The van der Waals surface area contributed by atoms with E-state index in [1.54, 1.807) is 18.2 Å². The SMILES string of the molecule is O=S(=O)(c1cc(Br)cnc1Cl)N1CCN(c2ccccc2F)CC1. The first-order chi connectivity index (χ1) is 11.4. The van der Waals surface area contributed by atoms with Gasteiger partial charge in [0.1, 0.15) is 15.9 Å². The van der Waals surface area contributed by atoms with Crippen molar-refractivity contribution >= 4 is 43.2 Å². The summed E-state index contributed by atoms with van der Waals surface area (Å²) in [6.07, 6.45) is 1.44. The highest BCUT2D eigenvalue weighted by Gasteiger charge is 2.31. The number of aromatic nitrogens is 1. The highest BCUT2D eigenvalue weighted by atomic mass is 79.9. The lowest BCUT2D eigenvalue weighted by atomic mass is 10.2. The third-order valence-electron chi connectivity index (χ3n) is 3.82. The van der Waals surface area contributed by atoms with Gasteiger partial charge in [0.15, 0.2) is 0 Å². The van der Waals surface area contributed by atoms with Gasteiger partial charge in [0, 0.05) is 36.8 Å². The van der Waals surface area contributed by atoms with Gasteiger partial charge in [-0.15, -0.1) is 0 Å². The number of rotatable bonds is 3. The van der Waals surface area contributed by atoms with Crippen molar-refractivity contribution in [3.63, 3.8) is 0 Å². The number of pyridine rings is 1. The maximum Gasteiger partial charge on any atom is 0.246 e. The van der Waals surface area contributed by atoms with Gasteiger partial charge in [0.05, 0.1) is 5.69 Å². The second-order valence-electron chi connectivity index (χ2n) is 5.29. The fourth-order valence-corrected chi connectivity index (χ4v) is 4.94. The van der Waals surface area contributed by atoms with Crippen molar-refractivity contribution in [1.29, 1.82) is 0 Å². The average molecular weight is 435 g/mol. The molecule has 1 aromatic carbocycles. The number of hydrogen-bond acceptors (Lipinski definition) is 4. The summed E-state index contributed by atoms with van der Waals surface area (Å²) in [6.45, 7) is 1.30. The maximum atomic E-state index is 13.9. The van der Waals surface area contributed by atoms with Gasteiger partial charge in [-0.1, -0.05) is 23.7 Å². The fourth-order valence-electron chi connectivity index (χ4n) is 2.60. The second-order valence-corrected chi connectivity index (χ2v) is 8.47. The molecule has 0 bridgehead atoms. The summed E-state index contributed by atoms with van der Waals surface area (Å²) in [5.41, 5.74) is 0.483. The van der Waals surface area contributed by atoms with Gasteiger partial charge in [-0.3, -0.25) is 0 Å². The van der Waals surface area contributed by atoms with Crippen LogP contribution in [0.3, 0.4) is 0 Å². The molecular formula is C15H14BrClFN3O2S. The Morgan fingerprint density at radius 1 is 1.17 bits per heavy atom. The third-order valence-corrected chi connectivity index (χ3v) is 6.58. The molecular weight excluding hydrogens is 421 g/mol. The van der Waals surface area contributed by atoms with E-state index in [0.29, 0.717) is 23.2 Å². The van der Waals surface area contributed by atoms with Gasteiger partial charge in [-0.05, 0) is 34.1 Å². The van der Waals surface area contributed by atoms with E-state index >= 15 is 0 Å². The quantitative estimate of drug-likeness (QED) is 0.697. The van der Waals surface area contributed by atoms with E-state index in [1.165, 1.54) is 22.6 Å². The number of sulfonamides is 1. The first-order valence-corrected chi connectivity index (χ1v) is 9.81. The van der Waals surface area contributed by atoms with Crippen molar-refractivity contribution in [2.24, 2.45) is 0 Å². The molecule has 3 rings (SSSR count). The molecule has 5 nitrogen and oxygen atoms in total. The highest BCUT2D eigenvalue weighted by Crippen LogP contribution is 2.27. The Morgan fingerprint density at radius 2 is 1.83 bits per heavy atom. The van der Waals surface area contributed by atoms with Gasteiger partial charge in [-0.2, -0.15) is 4.31 Å². The predicted molar refractivity (Wildman–Crippen MR) is 94.3 cm³/mol. The topological polar surface area (TPSA) is 53.5 Å². The number of para-hydroxylation sites is 1. The summed E-state index contributed by atoms with van der Waals surface area (Å²) in [7, 11) is -3.74. The highest BCUT2D eigenvalue weighted by molar-refractivity contribution is 9.10. The Hall–Kier alpha value is -1.22. The number of anilines is 1. The molecule has 0 atom stereocenters. The van der Waals surface area contributed by atoms with Gasteiger partial charge in [0.25, 0.3) is 0 Å². The summed E-state index contributed by atoms with van der Waals surface area (Å²) in [5, 5.41) is -0.0604. The number of piperazine rings is 1. The Bertz CT molecular complexity index is 858. The molecule has 1 fully saturated rings. The van der Waals surface area contributed by atoms with Gasteiger partial charge in [-0.25, -0.2) is 17.8 Å². The van der Waals surface area contributed by atoms with Crippen molar-refractivity contribution in [2.75, 3.05) is 31.1 Å². The van der Waals surface area contributed by atoms with Crippen LogP contribution in [-0.2, 0) is 10.0 Å². The first-order valence-electron chi connectivity index (χ1n) is 7.20. The number of benzene rings is 1. The van der Waals surface area contributed by atoms with Crippen molar-refractivity contribution in [2.45, 2.75) is 4.90 Å². The van der Waals surface area contributed by atoms with Crippen LogP contribution in [-0.4, -0.2) is 43.9 Å². The van der Waals surface area contributed by atoms with E-state index < -0.39 is 10.0 Å². The van der Waals surface area contributed by atoms with Crippen LogP contribution < -0.4 is 4.90 Å². The van der Waals surface area contributed by atoms with E-state index in [2.05, 4.69) is 20.9 Å². The molecule has 0 amide bonds. The van der Waals surface area contributed by atoms with Crippen LogP contribution in [0.5, 0.6) is 0 Å². The summed E-state index contributed by atoms with van der Waals surface area (Å²) in [6, 6.07) is 7.91. The molecule has 0 aliphatic carbocycles. The number of halogens is 3. The van der Waals surface area contributed by atoms with Crippen molar-refractivity contribution in [3.05, 3.63) is 52.0 Å². The molecule has 128 valence electrons. The minimum absolute atomic E-state index is 0.0297. The van der Waals surface area contributed by atoms with E-state index in [0.717, 1.165) is 0 Å². The molecule has 0 saturated carbocycles. The Kier molecular flexibility index (Phi) is 5.10. The average Bonchev–Trinajstić information content (AvgIpc) is 2.57. The number of nitrogens with zero attached hydrogens (tertiary/aromatic N) is 3. The molecule has 0 unspecified atom stereocenters. The van der Waals surface area contributed by atoms with Crippen LogP contribution in [0.25, 0.3) is 0 Å². The monoisotopic (exact) mass is 433 g/mol. The third kappa shape index (κ3) is 3.42. The Balaban J connectivity index is 1.79. The van der Waals surface area contributed by atoms with Crippen LogP contribution in [0.1, 0.15) is 0 Å². The molecule has 2 aromatic rings. The first kappa shape index (κ1) is 17.6. The lowest BCUT2D eigenvalue weighted by Gasteiger charge is -2.35. The largest absolute Gasteiger partial charge is 0.367 e. The number of hydrogen-bond donors (Lipinski definition) is 0. The standard InChI is InChI=1S/C15H14BrClFN3O2S/c16-11-9-14(15(17)19-10-11)24(22,23)21-7-5-20(6-8-21)13-4-2-1-3-12(13)18/h1-4,9-10H,5-8H2. The van der Waals surface area contributed by atoms with Gasteiger partial charge < -0.3 is 4.90 Å². The predicted octanol–water partition coefficient (Wildman–Crippen LogP) is 3.15. The van der Waals surface area contributed by atoms with Gasteiger partial charge in [0.2, 0.25) is 10.0 Å². The smallest absolute Gasteiger partial charge is 0.246 e.